The fraction of sp³-hybridized carbons (Fsp3) is 0.545. The molecule has 2 aromatic heterocycles. The van der Waals surface area contributed by atoms with Crippen LogP contribution in [0.5, 0.6) is 0 Å². The van der Waals surface area contributed by atoms with Gasteiger partial charge in [-0.3, -0.25) is 13.7 Å². The van der Waals surface area contributed by atoms with E-state index < -0.39 is 59.8 Å². The highest BCUT2D eigenvalue weighted by Gasteiger charge is 2.45. The van der Waals surface area contributed by atoms with Crippen molar-refractivity contribution < 1.29 is 47.6 Å². The summed E-state index contributed by atoms with van der Waals surface area (Å²) in [5.74, 6) is -1.29. The van der Waals surface area contributed by atoms with Crippen LogP contribution in [0.4, 0.5) is 5.82 Å². The number of nitrogens with two attached hydrogens (primary N) is 1. The fourth-order valence-electron chi connectivity index (χ4n) is 2.74. The number of ether oxygens (including phenoxy) is 1. The molecule has 0 aromatic carbocycles. The Morgan fingerprint density at radius 3 is 2.63 bits per heavy atom. The van der Waals surface area contributed by atoms with Crippen molar-refractivity contribution in [2.75, 3.05) is 18.2 Å². The van der Waals surface area contributed by atoms with E-state index in [4.69, 9.17) is 15.0 Å². The number of nitrogens with zero attached hydrogens (tertiary/aromatic N) is 4. The van der Waals surface area contributed by atoms with Gasteiger partial charge in [-0.05, 0) is 0 Å². The molecule has 1 fully saturated rings. The largest absolute Gasteiger partial charge is 0.827 e. The highest BCUT2D eigenvalue weighted by Crippen LogP contribution is 2.62. The molecule has 0 radical (unpaired) electrons. The summed E-state index contributed by atoms with van der Waals surface area (Å²) in [6.45, 7) is -0.730. The maximum absolute atomic E-state index is 12.0. The van der Waals surface area contributed by atoms with Crippen molar-refractivity contribution in [1.82, 2.24) is 19.5 Å². The third kappa shape index (κ3) is 5.36. The van der Waals surface area contributed by atoms with Crippen LogP contribution in [-0.2, 0) is 34.9 Å². The average Bonchev–Trinajstić information content (AvgIpc) is 3.14. The quantitative estimate of drug-likeness (QED) is 0.204. The Hall–Kier alpha value is -0.730. The number of rotatable bonds is 8. The Bertz CT molecular complexity index is 1010. The van der Waals surface area contributed by atoms with Crippen LogP contribution in [-0.4, -0.2) is 70.3 Å². The molecule has 3 rings (SSSR count). The van der Waals surface area contributed by atoms with Gasteiger partial charge in [0.05, 0.1) is 12.9 Å². The number of hydrogen-bond acceptors (Lipinski definition) is 13. The summed E-state index contributed by atoms with van der Waals surface area (Å²) < 4.78 is 39.2. The summed E-state index contributed by atoms with van der Waals surface area (Å²) in [5.41, 5.74) is 6.15. The summed E-state index contributed by atoms with van der Waals surface area (Å²) in [6, 6.07) is 0. The number of imidazole rings is 1. The van der Waals surface area contributed by atoms with Crippen LogP contribution in [0.15, 0.2) is 12.7 Å². The van der Waals surface area contributed by atoms with E-state index in [-0.39, 0.29) is 17.0 Å². The summed E-state index contributed by atoms with van der Waals surface area (Å²) >= 11 is 4.13. The predicted octanol–water partition coefficient (Wildman–Crippen LogP) is -1.48. The number of nitrogen functional groups attached to an aromatic ring is 1. The molecule has 1 saturated heterocycles. The lowest BCUT2D eigenvalue weighted by atomic mass is 10.1. The van der Waals surface area contributed by atoms with Gasteiger partial charge in [-0.25, -0.2) is 22.5 Å². The predicted molar refractivity (Wildman–Crippen MR) is 101 cm³/mol. The van der Waals surface area contributed by atoms with E-state index in [0.29, 0.717) is 0 Å². The van der Waals surface area contributed by atoms with Crippen LogP contribution >= 0.6 is 22.8 Å². The van der Waals surface area contributed by atoms with Gasteiger partial charge in [0.1, 0.15) is 30.2 Å². The molecule has 19 heteroatoms. The lowest BCUT2D eigenvalue weighted by Crippen LogP contribution is -2.33. The second-order valence-corrected chi connectivity index (χ2v) is 12.1. The Kier molecular flexibility index (Phi) is 7.20. The monoisotopic (exact) mass is 503 g/mol. The Labute approximate surface area is 175 Å². The zero-order valence-electron chi connectivity index (χ0n) is 14.7. The van der Waals surface area contributed by atoms with E-state index in [1.807, 2.05) is 0 Å². The normalized spacial score (nSPS) is 29.5. The molecular formula is C11H16N5O10P3S-2. The molecule has 7 atom stereocenters. The van der Waals surface area contributed by atoms with Gasteiger partial charge >= 0.3 is 15.2 Å². The van der Waals surface area contributed by atoms with E-state index in [1.54, 1.807) is 0 Å². The van der Waals surface area contributed by atoms with Crippen molar-refractivity contribution in [2.24, 2.45) is 0 Å². The molecule has 15 nitrogen and oxygen atoms in total. The van der Waals surface area contributed by atoms with Crippen molar-refractivity contribution in [3.05, 3.63) is 12.7 Å². The maximum atomic E-state index is 12.0. The molecule has 1 aliphatic rings. The molecule has 3 heterocycles. The smallest absolute Gasteiger partial charge is 0.340 e. The second-order valence-electron chi connectivity index (χ2n) is 6.15. The zero-order chi connectivity index (χ0) is 22.3. The molecule has 168 valence electrons. The molecule has 2 aromatic rings. The third-order valence-corrected chi connectivity index (χ3v) is 9.56. The molecule has 30 heavy (non-hydrogen) atoms. The number of hydrogen-bond donors (Lipinski definition) is 5. The van der Waals surface area contributed by atoms with E-state index in [1.165, 1.54) is 17.2 Å². The van der Waals surface area contributed by atoms with Crippen molar-refractivity contribution in [3.8, 4) is 0 Å². The summed E-state index contributed by atoms with van der Waals surface area (Å²) in [4.78, 5) is 41.7. The van der Waals surface area contributed by atoms with Crippen molar-refractivity contribution >= 4 is 52.0 Å². The van der Waals surface area contributed by atoms with Gasteiger partial charge in [-0.1, -0.05) is 0 Å². The van der Waals surface area contributed by atoms with Crippen LogP contribution in [0.1, 0.15) is 6.23 Å². The minimum atomic E-state index is -4.76. The van der Waals surface area contributed by atoms with E-state index in [0.717, 1.165) is 0 Å². The van der Waals surface area contributed by atoms with E-state index in [2.05, 4.69) is 31.5 Å². The Balaban J connectivity index is 1.69. The summed E-state index contributed by atoms with van der Waals surface area (Å²) in [6.07, 6.45) is -3.11. The number of fused-ring (bicyclic) bond motifs is 1. The van der Waals surface area contributed by atoms with Gasteiger partial charge in [0.2, 0.25) is 0 Å². The van der Waals surface area contributed by atoms with Crippen LogP contribution in [0.25, 0.3) is 11.2 Å². The molecule has 0 aliphatic carbocycles. The van der Waals surface area contributed by atoms with Gasteiger partial charge in [0.25, 0.3) is 0 Å². The minimum absolute atomic E-state index is 0.0874. The molecule has 0 amide bonds. The first-order valence-corrected chi connectivity index (χ1v) is 13.7. The lowest BCUT2D eigenvalue weighted by molar-refractivity contribution is -0.166. The fourth-order valence-corrected chi connectivity index (χ4v) is 7.69. The molecular weight excluding hydrogens is 487 g/mol. The van der Waals surface area contributed by atoms with Crippen LogP contribution in [0.2, 0.25) is 0 Å². The summed E-state index contributed by atoms with van der Waals surface area (Å²) in [7, 11) is -12.4. The Morgan fingerprint density at radius 1 is 1.27 bits per heavy atom. The van der Waals surface area contributed by atoms with E-state index >= 15 is 0 Å². The minimum Gasteiger partial charge on any atom is -0.827 e. The molecule has 0 bridgehead atoms. The number of aliphatic hydroxyl groups is 2. The standard InChI is InChI=1S/C11H16N5O10P3S/c12-9-6-10(14-2-13-9)16(3-15-6)11-8(18)7(17)5(25-11)1-24-28(20,21)4-29(22,23)26-27(19)30/h2-3,5,7-8,11,17-18H,1,4H2,(H,20,21)(H,22,23)(H2,12,13,14)/q-2/t5-,7-,8-,11-,27?/m1/s1. The van der Waals surface area contributed by atoms with Gasteiger partial charge in [0.15, 0.2) is 23.6 Å². The average molecular weight is 503 g/mol. The summed E-state index contributed by atoms with van der Waals surface area (Å²) in [5, 5.41) is 20.5. The lowest BCUT2D eigenvalue weighted by Gasteiger charge is -2.32. The highest BCUT2D eigenvalue weighted by molar-refractivity contribution is 8.29. The topological polar surface area (TPSA) is 235 Å². The maximum Gasteiger partial charge on any atom is 0.340 e. The van der Waals surface area contributed by atoms with Crippen molar-refractivity contribution in [2.45, 2.75) is 24.5 Å². The van der Waals surface area contributed by atoms with E-state index in [9.17, 15) is 34.0 Å². The van der Waals surface area contributed by atoms with Crippen molar-refractivity contribution in [1.29, 1.82) is 0 Å². The van der Waals surface area contributed by atoms with Crippen LogP contribution < -0.4 is 10.6 Å². The van der Waals surface area contributed by atoms with Crippen LogP contribution in [0, 0.1) is 0 Å². The molecule has 0 saturated carbocycles. The first-order valence-electron chi connectivity index (χ1n) is 7.97. The van der Waals surface area contributed by atoms with Crippen LogP contribution in [0.3, 0.4) is 0 Å². The highest BCUT2D eigenvalue weighted by atomic mass is 32.7. The van der Waals surface area contributed by atoms with Crippen molar-refractivity contribution in [3.63, 3.8) is 0 Å². The zero-order valence-corrected chi connectivity index (χ0v) is 18.2. The van der Waals surface area contributed by atoms with Gasteiger partial charge in [0, 0.05) is 0 Å². The molecule has 0 spiro atoms. The number of anilines is 1. The van der Waals surface area contributed by atoms with Gasteiger partial charge in [-0.2, -0.15) is 0 Å². The second kappa shape index (κ2) is 9.02. The molecule has 6 N–H and O–H groups in total. The van der Waals surface area contributed by atoms with Gasteiger partial charge in [-0.15, -0.1) is 0 Å². The molecule has 3 unspecified atom stereocenters. The third-order valence-electron chi connectivity index (χ3n) is 3.99. The number of aromatic nitrogens is 4. The first kappa shape index (κ1) is 23.9. The molecule has 1 aliphatic heterocycles. The SMILES string of the molecule is Nc1ncnc2c1ncn2[C@@H]1O[C@H](COP(=O)(O)CP(=O)(O)OP([O-])[S-])[C@@H](O)[C@H]1O. The number of aliphatic hydroxyl groups excluding tert-OH is 2. The van der Waals surface area contributed by atoms with Gasteiger partial charge < -0.3 is 56.4 Å². The first-order chi connectivity index (χ1) is 13.9. The Morgan fingerprint density at radius 2 is 1.97 bits per heavy atom.